The largest absolute Gasteiger partial charge is 0.454 e. The minimum Gasteiger partial charge on any atom is -0.454 e. The third-order valence-corrected chi connectivity index (χ3v) is 5.58. The third-order valence-electron chi connectivity index (χ3n) is 3.68. The van der Waals surface area contributed by atoms with Crippen molar-refractivity contribution in [3.8, 4) is 0 Å². The predicted octanol–water partition coefficient (Wildman–Crippen LogP) is 1.75. The van der Waals surface area contributed by atoms with Crippen LogP contribution in [0.5, 0.6) is 0 Å². The summed E-state index contributed by atoms with van der Waals surface area (Å²) in [5, 5.41) is 4.09. The van der Waals surface area contributed by atoms with E-state index in [9.17, 15) is 13.2 Å². The van der Waals surface area contributed by atoms with Crippen molar-refractivity contribution < 1.29 is 17.6 Å². The maximum absolute atomic E-state index is 12.2. The van der Waals surface area contributed by atoms with Crippen molar-refractivity contribution in [3.05, 3.63) is 40.5 Å². The molecule has 0 bridgehead atoms. The zero-order valence-electron chi connectivity index (χ0n) is 12.8. The summed E-state index contributed by atoms with van der Waals surface area (Å²) in [4.78, 5) is 12.1. The van der Waals surface area contributed by atoms with Crippen LogP contribution in [0.15, 0.2) is 33.4 Å². The molecular weight excluding hydrogens is 400 g/mol. The zero-order valence-corrected chi connectivity index (χ0v) is 15.2. The molecule has 10 heteroatoms. The van der Waals surface area contributed by atoms with E-state index in [0.29, 0.717) is 25.4 Å². The molecule has 130 valence electrons. The fourth-order valence-electron chi connectivity index (χ4n) is 2.51. The van der Waals surface area contributed by atoms with Gasteiger partial charge in [0.25, 0.3) is 0 Å². The Morgan fingerprint density at radius 2 is 2.04 bits per heavy atom. The summed E-state index contributed by atoms with van der Waals surface area (Å²) < 4.78 is 35.6. The summed E-state index contributed by atoms with van der Waals surface area (Å²) in [5.41, 5.74) is 0. The van der Waals surface area contributed by atoms with E-state index in [2.05, 4.69) is 25.8 Å². The maximum Gasteiger partial charge on any atom is 0.304 e. The lowest BCUT2D eigenvalue weighted by atomic mass is 10.2. The third kappa shape index (κ3) is 4.05. The van der Waals surface area contributed by atoms with Crippen molar-refractivity contribution in [2.75, 3.05) is 13.1 Å². The first-order valence-electron chi connectivity index (χ1n) is 7.53. The summed E-state index contributed by atoms with van der Waals surface area (Å²) in [6, 6.07) is 3.08. The number of piperidine rings is 1. The maximum atomic E-state index is 12.2. The van der Waals surface area contributed by atoms with Gasteiger partial charge in [-0.05, 0) is 40.9 Å². The van der Waals surface area contributed by atoms with Gasteiger partial charge in [-0.3, -0.25) is 9.48 Å². The predicted molar refractivity (Wildman–Crippen MR) is 89.5 cm³/mol. The van der Waals surface area contributed by atoms with Gasteiger partial charge in [0.05, 0.1) is 17.2 Å². The highest BCUT2D eigenvalue weighted by atomic mass is 79.9. The molecule has 0 atom stereocenters. The zero-order chi connectivity index (χ0) is 17.2. The first-order chi connectivity index (χ1) is 11.4. The molecule has 8 nitrogen and oxygen atoms in total. The average Bonchev–Trinajstić information content (AvgIpc) is 3.17. The topological polar surface area (TPSA) is 97.4 Å². The highest BCUT2D eigenvalue weighted by Gasteiger charge is 2.27. The van der Waals surface area contributed by atoms with Crippen molar-refractivity contribution in [2.24, 2.45) is 0 Å². The van der Waals surface area contributed by atoms with Crippen LogP contribution in [0.1, 0.15) is 35.6 Å². The second-order valence-electron chi connectivity index (χ2n) is 5.52. The molecule has 3 rings (SSSR count). The van der Waals surface area contributed by atoms with Gasteiger partial charge >= 0.3 is 16.1 Å². The monoisotopic (exact) mass is 416 g/mol. The van der Waals surface area contributed by atoms with E-state index >= 15 is 0 Å². The van der Waals surface area contributed by atoms with Gasteiger partial charge in [-0.2, -0.15) is 17.8 Å². The van der Waals surface area contributed by atoms with Crippen LogP contribution in [0.2, 0.25) is 0 Å². The van der Waals surface area contributed by atoms with E-state index in [0.717, 1.165) is 23.7 Å². The van der Waals surface area contributed by atoms with Crippen molar-refractivity contribution in [2.45, 2.75) is 25.8 Å². The van der Waals surface area contributed by atoms with Gasteiger partial charge < -0.3 is 4.42 Å². The van der Waals surface area contributed by atoms with Crippen LogP contribution in [-0.4, -0.2) is 41.5 Å². The van der Waals surface area contributed by atoms with Gasteiger partial charge in [0.15, 0.2) is 5.76 Å². The molecule has 0 saturated carbocycles. The van der Waals surface area contributed by atoms with E-state index in [1.807, 2.05) is 0 Å². The fourth-order valence-corrected chi connectivity index (χ4v) is 4.04. The lowest BCUT2D eigenvalue weighted by Crippen LogP contribution is -2.45. The Labute approximate surface area is 148 Å². The van der Waals surface area contributed by atoms with Crippen LogP contribution in [0.4, 0.5) is 0 Å². The van der Waals surface area contributed by atoms with Gasteiger partial charge in [-0.1, -0.05) is 6.42 Å². The molecule has 3 heterocycles. The van der Waals surface area contributed by atoms with Gasteiger partial charge in [0.2, 0.25) is 0 Å². The average molecular weight is 417 g/mol. The molecule has 24 heavy (non-hydrogen) atoms. The first kappa shape index (κ1) is 17.2. The Morgan fingerprint density at radius 3 is 2.71 bits per heavy atom. The quantitative estimate of drug-likeness (QED) is 0.800. The lowest BCUT2D eigenvalue weighted by molar-refractivity contribution is 0.0949. The van der Waals surface area contributed by atoms with Crippen LogP contribution >= 0.6 is 15.9 Å². The second kappa shape index (κ2) is 7.08. The van der Waals surface area contributed by atoms with Crippen LogP contribution in [0.3, 0.4) is 0 Å². The Bertz CT molecular complexity index is 823. The number of aromatic nitrogens is 2. The number of nitrogens with one attached hydrogen (secondary N) is 1. The first-order valence-corrected chi connectivity index (χ1v) is 9.76. The van der Waals surface area contributed by atoms with Crippen LogP contribution in [0, 0.1) is 0 Å². The minimum atomic E-state index is -3.83. The molecule has 1 aliphatic rings. The summed E-state index contributed by atoms with van der Waals surface area (Å²) in [6.45, 7) is 1.21. The second-order valence-corrected chi connectivity index (χ2v) is 8.10. The lowest BCUT2D eigenvalue weighted by Gasteiger charge is -2.25. The fraction of sp³-hybridized carbons (Fsp3) is 0.429. The van der Waals surface area contributed by atoms with E-state index in [1.165, 1.54) is 10.4 Å². The molecule has 0 aromatic carbocycles. The molecule has 1 fully saturated rings. The van der Waals surface area contributed by atoms with E-state index in [-0.39, 0.29) is 5.76 Å². The van der Waals surface area contributed by atoms with Crippen molar-refractivity contribution >= 4 is 32.0 Å². The number of hydrogen-bond donors (Lipinski definition) is 1. The number of nitrogens with zero attached hydrogens (tertiary/aromatic N) is 3. The molecule has 1 N–H and O–H groups in total. The Kier molecular flexibility index (Phi) is 5.07. The Morgan fingerprint density at radius 1 is 1.29 bits per heavy atom. The molecule has 0 spiro atoms. The van der Waals surface area contributed by atoms with Crippen molar-refractivity contribution in [3.63, 3.8) is 0 Å². The number of furan rings is 1. The van der Waals surface area contributed by atoms with Gasteiger partial charge in [0, 0.05) is 19.3 Å². The van der Waals surface area contributed by atoms with Crippen LogP contribution in [-0.2, 0) is 16.8 Å². The van der Waals surface area contributed by atoms with E-state index in [4.69, 9.17) is 4.42 Å². The van der Waals surface area contributed by atoms with E-state index < -0.39 is 16.1 Å². The number of halogens is 1. The summed E-state index contributed by atoms with van der Waals surface area (Å²) >= 11 is 3.30. The number of amides is 1. The van der Waals surface area contributed by atoms with Crippen molar-refractivity contribution in [1.82, 2.24) is 18.8 Å². The SMILES string of the molecule is O=C(NS(=O)(=O)N1CCCCC1)c1ccc(Cn2cc(Br)cn2)o1. The summed E-state index contributed by atoms with van der Waals surface area (Å²) in [5.74, 6) is -0.309. The molecule has 1 saturated heterocycles. The van der Waals surface area contributed by atoms with Crippen molar-refractivity contribution in [1.29, 1.82) is 0 Å². The van der Waals surface area contributed by atoms with Gasteiger partial charge in [-0.25, -0.2) is 4.72 Å². The Balaban J connectivity index is 1.65. The highest BCUT2D eigenvalue weighted by molar-refractivity contribution is 9.10. The van der Waals surface area contributed by atoms with Crippen LogP contribution < -0.4 is 4.72 Å². The number of carbonyl (C=O) groups excluding carboxylic acids is 1. The number of rotatable bonds is 5. The van der Waals surface area contributed by atoms with Gasteiger partial charge in [0.1, 0.15) is 5.76 Å². The molecule has 0 radical (unpaired) electrons. The Hall–Kier alpha value is -1.65. The standard InChI is InChI=1S/C14H17BrN4O4S/c15-11-8-16-18(9-11)10-12-4-5-13(23-12)14(20)17-24(21,22)19-6-2-1-3-7-19/h4-5,8-9H,1-3,6-7,10H2,(H,17,20). The van der Waals surface area contributed by atoms with E-state index in [1.54, 1.807) is 23.1 Å². The smallest absolute Gasteiger partial charge is 0.304 e. The summed E-state index contributed by atoms with van der Waals surface area (Å²) in [7, 11) is -3.83. The molecular formula is C14H17BrN4O4S. The molecule has 1 amide bonds. The minimum absolute atomic E-state index is 0.0446. The van der Waals surface area contributed by atoms with Crippen LogP contribution in [0.25, 0.3) is 0 Å². The number of hydrogen-bond acceptors (Lipinski definition) is 5. The molecule has 2 aromatic heterocycles. The number of carbonyl (C=O) groups is 1. The molecule has 2 aromatic rings. The molecule has 0 aliphatic carbocycles. The summed E-state index contributed by atoms with van der Waals surface area (Å²) in [6.07, 6.45) is 6.02. The highest BCUT2D eigenvalue weighted by Crippen LogP contribution is 2.14. The molecule has 1 aliphatic heterocycles. The normalized spacial score (nSPS) is 16.2. The molecule has 0 unspecified atom stereocenters. The van der Waals surface area contributed by atoms with Gasteiger partial charge in [-0.15, -0.1) is 0 Å².